The highest BCUT2D eigenvalue weighted by Gasteiger charge is 2.37. The van der Waals surface area contributed by atoms with Gasteiger partial charge < -0.3 is 30.5 Å². The fourth-order valence-electron chi connectivity index (χ4n) is 3.07. The molecule has 2 saturated heterocycles. The van der Waals surface area contributed by atoms with Gasteiger partial charge in [-0.15, -0.1) is 0 Å². The lowest BCUT2D eigenvalue weighted by molar-refractivity contribution is 0.0402. The molecular weight excluding hydrogens is 310 g/mol. The summed E-state index contributed by atoms with van der Waals surface area (Å²) in [6, 6.07) is 9.17. The Morgan fingerprint density at radius 1 is 1.21 bits per heavy atom. The topological polar surface area (TPSA) is 91.9 Å². The number of aliphatic hydroxyl groups excluding tert-OH is 1. The van der Waals surface area contributed by atoms with Crippen LogP contribution >= 0.6 is 0 Å². The van der Waals surface area contributed by atoms with Gasteiger partial charge >= 0.3 is 6.03 Å². The molecule has 0 aliphatic carbocycles. The molecule has 0 saturated carbocycles. The van der Waals surface area contributed by atoms with E-state index in [4.69, 9.17) is 9.47 Å². The molecule has 2 amide bonds. The molecule has 0 radical (unpaired) electrons. The van der Waals surface area contributed by atoms with E-state index in [1.807, 2.05) is 30.3 Å². The first-order chi connectivity index (χ1) is 11.7. The summed E-state index contributed by atoms with van der Waals surface area (Å²) in [6.07, 6.45) is 0.866. The van der Waals surface area contributed by atoms with Crippen LogP contribution in [-0.2, 0) is 9.47 Å². The Morgan fingerprint density at radius 2 is 1.96 bits per heavy atom. The molecule has 7 nitrogen and oxygen atoms in total. The number of aliphatic hydroxyl groups is 1. The average molecular weight is 335 g/mol. The van der Waals surface area contributed by atoms with E-state index in [1.54, 1.807) is 0 Å². The Bertz CT molecular complexity index is 522. The van der Waals surface area contributed by atoms with Gasteiger partial charge in [0, 0.05) is 31.5 Å². The highest BCUT2D eigenvalue weighted by molar-refractivity contribution is 5.89. The van der Waals surface area contributed by atoms with Crippen molar-refractivity contribution in [2.75, 3.05) is 31.7 Å². The van der Waals surface area contributed by atoms with Crippen LogP contribution < -0.4 is 16.0 Å². The molecule has 7 heteroatoms. The number of carbonyl (C=O) groups excluding carboxylic acids is 1. The van der Waals surface area contributed by atoms with Crippen molar-refractivity contribution < 1.29 is 19.4 Å². The number of para-hydroxylation sites is 1. The van der Waals surface area contributed by atoms with Gasteiger partial charge in [0.15, 0.2) is 0 Å². The summed E-state index contributed by atoms with van der Waals surface area (Å²) in [5.74, 6) is 0. The second-order valence-corrected chi connectivity index (χ2v) is 6.22. The lowest BCUT2D eigenvalue weighted by atomic mass is 10.0. The van der Waals surface area contributed by atoms with E-state index in [0.717, 1.165) is 31.7 Å². The fraction of sp³-hybridized carbons (Fsp3) is 0.588. The molecule has 2 heterocycles. The predicted molar refractivity (Wildman–Crippen MR) is 90.0 cm³/mol. The van der Waals surface area contributed by atoms with Gasteiger partial charge in [0.05, 0.1) is 18.8 Å². The highest BCUT2D eigenvalue weighted by atomic mass is 16.5. The van der Waals surface area contributed by atoms with Gasteiger partial charge in [0.25, 0.3) is 0 Å². The number of nitrogens with one attached hydrogen (secondary N) is 3. The summed E-state index contributed by atoms with van der Waals surface area (Å²) in [4.78, 5) is 11.9. The molecule has 4 N–H and O–H groups in total. The van der Waals surface area contributed by atoms with E-state index in [2.05, 4.69) is 16.0 Å². The summed E-state index contributed by atoms with van der Waals surface area (Å²) in [7, 11) is 0. The Balaban J connectivity index is 1.40. The Kier molecular flexibility index (Phi) is 6.03. The van der Waals surface area contributed by atoms with Crippen LogP contribution in [0.25, 0.3) is 0 Å². The van der Waals surface area contributed by atoms with Crippen molar-refractivity contribution in [1.29, 1.82) is 0 Å². The van der Waals surface area contributed by atoms with E-state index in [9.17, 15) is 9.90 Å². The Hall–Kier alpha value is -1.67. The number of ether oxygens (including phenoxy) is 2. The molecule has 2 fully saturated rings. The van der Waals surface area contributed by atoms with Crippen LogP contribution in [0, 0.1) is 0 Å². The SMILES string of the molecule is O=C(NC[C@H]1OC[C@@H](NC2CCOCC2)[C@@H]1O)Nc1ccccc1. The molecular formula is C17H25N3O4. The van der Waals surface area contributed by atoms with Crippen molar-refractivity contribution in [3.63, 3.8) is 0 Å². The van der Waals surface area contributed by atoms with Crippen molar-refractivity contribution in [2.45, 2.75) is 37.1 Å². The molecule has 2 aliphatic heterocycles. The number of carbonyl (C=O) groups is 1. The van der Waals surface area contributed by atoms with Gasteiger partial charge in [-0.1, -0.05) is 18.2 Å². The Labute approximate surface area is 141 Å². The van der Waals surface area contributed by atoms with Gasteiger partial charge in [-0.3, -0.25) is 0 Å². The second kappa shape index (κ2) is 8.43. The van der Waals surface area contributed by atoms with Gasteiger partial charge in [-0.2, -0.15) is 0 Å². The quantitative estimate of drug-likeness (QED) is 0.636. The van der Waals surface area contributed by atoms with Crippen LogP contribution in [-0.4, -0.2) is 61.8 Å². The second-order valence-electron chi connectivity index (χ2n) is 6.22. The minimum Gasteiger partial charge on any atom is -0.389 e. The third-order valence-corrected chi connectivity index (χ3v) is 4.45. The molecule has 1 aromatic rings. The van der Waals surface area contributed by atoms with Crippen LogP contribution in [0.2, 0.25) is 0 Å². The maximum absolute atomic E-state index is 11.9. The standard InChI is InChI=1S/C17H25N3O4/c21-16-14(19-13-6-8-23-9-7-13)11-24-15(16)10-18-17(22)20-12-4-2-1-3-5-12/h1-5,13-16,19,21H,6-11H2,(H2,18,20,22)/t14-,15-,16+/m1/s1. The minimum absolute atomic E-state index is 0.0999. The van der Waals surface area contributed by atoms with E-state index >= 15 is 0 Å². The van der Waals surface area contributed by atoms with E-state index in [-0.39, 0.29) is 18.6 Å². The maximum atomic E-state index is 11.9. The molecule has 24 heavy (non-hydrogen) atoms. The molecule has 2 aliphatic rings. The summed E-state index contributed by atoms with van der Waals surface area (Å²) in [6.45, 7) is 2.23. The minimum atomic E-state index is -0.634. The number of benzene rings is 1. The number of hydrogen-bond donors (Lipinski definition) is 4. The smallest absolute Gasteiger partial charge is 0.319 e. The first-order valence-electron chi connectivity index (χ1n) is 8.46. The highest BCUT2D eigenvalue weighted by Crippen LogP contribution is 2.17. The Morgan fingerprint density at radius 3 is 2.71 bits per heavy atom. The van der Waals surface area contributed by atoms with Crippen LogP contribution in [0.3, 0.4) is 0 Å². The third-order valence-electron chi connectivity index (χ3n) is 4.45. The van der Waals surface area contributed by atoms with Crippen molar-refractivity contribution in [3.05, 3.63) is 30.3 Å². The molecule has 3 rings (SSSR count). The first kappa shape index (κ1) is 17.2. The van der Waals surface area contributed by atoms with Crippen LogP contribution in [0.4, 0.5) is 10.5 Å². The number of urea groups is 1. The fourth-order valence-corrected chi connectivity index (χ4v) is 3.07. The zero-order chi connectivity index (χ0) is 16.8. The van der Waals surface area contributed by atoms with Crippen molar-refractivity contribution >= 4 is 11.7 Å². The molecule has 3 atom stereocenters. The third kappa shape index (κ3) is 4.67. The van der Waals surface area contributed by atoms with Gasteiger partial charge in [0.1, 0.15) is 6.10 Å². The maximum Gasteiger partial charge on any atom is 0.319 e. The molecule has 0 unspecified atom stereocenters. The summed E-state index contributed by atoms with van der Waals surface area (Å²) in [5.41, 5.74) is 0.724. The van der Waals surface area contributed by atoms with E-state index in [1.165, 1.54) is 0 Å². The van der Waals surface area contributed by atoms with Crippen LogP contribution in [0.5, 0.6) is 0 Å². The monoisotopic (exact) mass is 335 g/mol. The van der Waals surface area contributed by atoms with Gasteiger partial charge in [-0.05, 0) is 25.0 Å². The molecule has 1 aromatic carbocycles. The number of hydrogen-bond acceptors (Lipinski definition) is 5. The van der Waals surface area contributed by atoms with Crippen molar-refractivity contribution in [1.82, 2.24) is 10.6 Å². The summed E-state index contributed by atoms with van der Waals surface area (Å²) in [5, 5.41) is 19.3. The zero-order valence-electron chi connectivity index (χ0n) is 13.6. The van der Waals surface area contributed by atoms with Crippen molar-refractivity contribution in [3.8, 4) is 0 Å². The van der Waals surface area contributed by atoms with Crippen molar-refractivity contribution in [2.24, 2.45) is 0 Å². The lowest BCUT2D eigenvalue weighted by Crippen LogP contribution is -2.49. The lowest BCUT2D eigenvalue weighted by Gasteiger charge is -2.27. The summed E-state index contributed by atoms with van der Waals surface area (Å²) >= 11 is 0. The number of rotatable bonds is 5. The molecule has 0 spiro atoms. The van der Waals surface area contributed by atoms with E-state index < -0.39 is 12.2 Å². The molecule has 0 aromatic heterocycles. The first-order valence-corrected chi connectivity index (χ1v) is 8.46. The summed E-state index contributed by atoms with van der Waals surface area (Å²) < 4.78 is 11.0. The van der Waals surface area contributed by atoms with Crippen LogP contribution in [0.1, 0.15) is 12.8 Å². The zero-order valence-corrected chi connectivity index (χ0v) is 13.6. The van der Waals surface area contributed by atoms with Crippen LogP contribution in [0.15, 0.2) is 30.3 Å². The van der Waals surface area contributed by atoms with E-state index in [0.29, 0.717) is 12.6 Å². The van der Waals surface area contributed by atoms with Gasteiger partial charge in [0.2, 0.25) is 0 Å². The molecule has 0 bridgehead atoms. The normalized spacial score (nSPS) is 27.8. The van der Waals surface area contributed by atoms with Gasteiger partial charge in [-0.25, -0.2) is 4.79 Å². The molecule has 132 valence electrons. The number of anilines is 1. The predicted octanol–water partition coefficient (Wildman–Crippen LogP) is 0.705. The number of amides is 2. The largest absolute Gasteiger partial charge is 0.389 e. The average Bonchev–Trinajstić information content (AvgIpc) is 2.95.